The van der Waals surface area contributed by atoms with E-state index >= 15 is 0 Å². The molecule has 3 amide bonds. The Morgan fingerprint density at radius 3 is 2.10 bits per heavy atom. The monoisotopic (exact) mass is 596 g/mol. The lowest BCUT2D eigenvalue weighted by Crippen LogP contribution is -2.50. The van der Waals surface area contributed by atoms with E-state index in [2.05, 4.69) is 4.98 Å². The Bertz CT molecular complexity index is 1290. The van der Waals surface area contributed by atoms with Crippen molar-refractivity contribution in [2.75, 3.05) is 32.7 Å². The number of benzene rings is 1. The van der Waals surface area contributed by atoms with E-state index < -0.39 is 53.0 Å². The smallest absolute Gasteiger partial charge is 0.339 e. The Labute approximate surface area is 231 Å². The molecule has 0 spiro atoms. The van der Waals surface area contributed by atoms with Gasteiger partial charge in [0.2, 0.25) is 17.6 Å². The molecule has 1 atom stereocenters. The Hall–Kier alpha value is -3.33. The molecule has 2 N–H and O–H groups in total. The van der Waals surface area contributed by atoms with Crippen molar-refractivity contribution in [2.45, 2.75) is 45.1 Å². The minimum absolute atomic E-state index is 0. The molecule has 0 unspecified atom stereocenters. The number of imidazole rings is 1. The van der Waals surface area contributed by atoms with Gasteiger partial charge in [-0.1, -0.05) is 0 Å². The third-order valence-electron chi connectivity index (χ3n) is 6.84. The number of aromatic nitrogens is 2. The van der Waals surface area contributed by atoms with Gasteiger partial charge in [0, 0.05) is 64.7 Å². The summed E-state index contributed by atoms with van der Waals surface area (Å²) in [7, 11) is 0. The van der Waals surface area contributed by atoms with Crippen LogP contribution in [-0.4, -0.2) is 80.7 Å². The number of carbonyl (C=O) groups excluding carboxylic acids is 3. The summed E-state index contributed by atoms with van der Waals surface area (Å²) in [6, 6.07) is 0.0382. The molecule has 4 rings (SSSR count). The number of nitrogens with two attached hydrogens (primary N) is 1. The van der Waals surface area contributed by atoms with Gasteiger partial charge in [0.05, 0.1) is 12.2 Å². The molecule has 0 radical (unpaired) electrons. The highest BCUT2D eigenvalue weighted by Gasteiger charge is 2.42. The van der Waals surface area contributed by atoms with Gasteiger partial charge in [-0.05, 0) is 18.1 Å². The minimum atomic E-state index is -4.84. The molecule has 0 bridgehead atoms. The van der Waals surface area contributed by atoms with Crippen molar-refractivity contribution < 1.29 is 40.7 Å². The van der Waals surface area contributed by atoms with Crippen LogP contribution < -0.4 is 5.73 Å². The molecule has 1 aromatic heterocycles. The largest absolute Gasteiger partial charge is 0.449 e. The summed E-state index contributed by atoms with van der Waals surface area (Å²) in [5.41, 5.74) is 5.22. The van der Waals surface area contributed by atoms with Crippen LogP contribution in [0.2, 0.25) is 0 Å². The molecule has 3 heterocycles. The van der Waals surface area contributed by atoms with Gasteiger partial charge >= 0.3 is 6.18 Å². The fraction of sp³-hybridized carbons (Fsp3) is 0.500. The minimum Gasteiger partial charge on any atom is -0.339 e. The lowest BCUT2D eigenvalue weighted by atomic mass is 10.0. The number of piperazine rings is 1. The highest BCUT2D eigenvalue weighted by atomic mass is 35.5. The average molecular weight is 597 g/mol. The molecule has 1 aromatic carbocycles. The van der Waals surface area contributed by atoms with E-state index in [4.69, 9.17) is 5.73 Å². The molecule has 2 aromatic rings. The number of amides is 3. The average Bonchev–Trinajstić information content (AvgIpc) is 3.26. The second kappa shape index (κ2) is 12.0. The lowest BCUT2D eigenvalue weighted by Gasteiger charge is -2.34. The predicted molar refractivity (Wildman–Crippen MR) is 131 cm³/mol. The standard InChI is InChI=1S/C24H26F6N6O3.ClH/c1-13(37)33-2-4-34(5-3-33)22(39)21-19-12-35(6-7-36(19)23(32-21)24(28,29)30)20(38)10-15(31)8-14-9-17(26)18(27)11-16(14)25;/h9,11,15H,2-8,10,12,31H2,1H3;1H/t15-;/m1./s1. The van der Waals surface area contributed by atoms with Crippen LogP contribution in [0.15, 0.2) is 12.1 Å². The van der Waals surface area contributed by atoms with Gasteiger partial charge in [0.15, 0.2) is 17.3 Å². The highest BCUT2D eigenvalue weighted by Crippen LogP contribution is 2.33. The quantitative estimate of drug-likeness (QED) is 0.422. The van der Waals surface area contributed by atoms with Crippen molar-refractivity contribution in [1.29, 1.82) is 0 Å². The van der Waals surface area contributed by atoms with Crippen molar-refractivity contribution in [2.24, 2.45) is 5.73 Å². The third kappa shape index (κ3) is 6.52. The number of hydrogen-bond donors (Lipinski definition) is 1. The molecule has 2 aliphatic heterocycles. The van der Waals surface area contributed by atoms with E-state index in [0.717, 1.165) is 4.57 Å². The molecular formula is C24H27ClF6N6O3. The van der Waals surface area contributed by atoms with Crippen LogP contribution in [0.1, 0.15) is 40.9 Å². The summed E-state index contributed by atoms with van der Waals surface area (Å²) in [4.78, 5) is 45.4. The summed E-state index contributed by atoms with van der Waals surface area (Å²) in [6.07, 6.45) is -5.48. The normalized spacial score (nSPS) is 16.4. The summed E-state index contributed by atoms with van der Waals surface area (Å²) in [5.74, 6) is -6.39. The van der Waals surface area contributed by atoms with Crippen molar-refractivity contribution in [3.63, 3.8) is 0 Å². The van der Waals surface area contributed by atoms with Gasteiger partial charge in [-0.15, -0.1) is 12.4 Å². The zero-order valence-corrected chi connectivity index (χ0v) is 22.1. The van der Waals surface area contributed by atoms with Gasteiger partial charge < -0.3 is 25.0 Å². The molecule has 16 heteroatoms. The van der Waals surface area contributed by atoms with Gasteiger partial charge in [0.25, 0.3) is 5.91 Å². The summed E-state index contributed by atoms with van der Waals surface area (Å²) >= 11 is 0. The van der Waals surface area contributed by atoms with Crippen LogP contribution in [0.4, 0.5) is 26.3 Å². The summed E-state index contributed by atoms with van der Waals surface area (Å²) in [5, 5.41) is 0. The number of nitrogens with zero attached hydrogens (tertiary/aromatic N) is 5. The van der Waals surface area contributed by atoms with E-state index in [1.807, 2.05) is 0 Å². The first-order valence-electron chi connectivity index (χ1n) is 12.1. The molecule has 1 fully saturated rings. The lowest BCUT2D eigenvalue weighted by molar-refractivity contribution is -0.148. The number of alkyl halides is 3. The molecule has 0 saturated carbocycles. The summed E-state index contributed by atoms with van der Waals surface area (Å²) < 4.78 is 82.7. The van der Waals surface area contributed by atoms with Crippen LogP contribution in [0.5, 0.6) is 0 Å². The predicted octanol–water partition coefficient (Wildman–Crippen LogP) is 2.35. The Morgan fingerprint density at radius 2 is 1.50 bits per heavy atom. The second-order valence-electron chi connectivity index (χ2n) is 9.52. The van der Waals surface area contributed by atoms with Crippen molar-refractivity contribution in [3.8, 4) is 0 Å². The van der Waals surface area contributed by atoms with Gasteiger partial charge in [-0.3, -0.25) is 14.4 Å². The van der Waals surface area contributed by atoms with E-state index in [-0.39, 0.29) is 88.2 Å². The van der Waals surface area contributed by atoms with E-state index in [9.17, 15) is 40.7 Å². The number of rotatable bonds is 5. The number of halogens is 7. The zero-order chi connectivity index (χ0) is 28.6. The zero-order valence-electron chi connectivity index (χ0n) is 21.3. The van der Waals surface area contributed by atoms with Crippen molar-refractivity contribution >= 4 is 30.1 Å². The Morgan fingerprint density at radius 1 is 0.925 bits per heavy atom. The highest BCUT2D eigenvalue weighted by molar-refractivity contribution is 5.94. The number of fused-ring (bicyclic) bond motifs is 1. The third-order valence-corrected chi connectivity index (χ3v) is 6.84. The van der Waals surface area contributed by atoms with Crippen LogP contribution in [-0.2, 0) is 35.3 Å². The molecule has 220 valence electrons. The maximum atomic E-state index is 14.0. The first-order valence-corrected chi connectivity index (χ1v) is 12.1. The molecule has 1 saturated heterocycles. The first-order chi connectivity index (χ1) is 18.3. The van der Waals surface area contributed by atoms with E-state index in [1.54, 1.807) is 0 Å². The SMILES string of the molecule is CC(=O)N1CCN(C(=O)c2nc(C(F)(F)F)n3c2CN(C(=O)C[C@H](N)Cc2cc(F)c(F)cc2F)CC3)CC1.Cl. The summed E-state index contributed by atoms with van der Waals surface area (Å²) in [6.45, 7) is 1.32. The second-order valence-corrected chi connectivity index (χ2v) is 9.52. The van der Waals surface area contributed by atoms with Crippen LogP contribution in [0.25, 0.3) is 0 Å². The molecule has 40 heavy (non-hydrogen) atoms. The van der Waals surface area contributed by atoms with E-state index in [1.165, 1.54) is 21.6 Å². The van der Waals surface area contributed by atoms with Crippen molar-refractivity contribution in [3.05, 3.63) is 52.4 Å². The van der Waals surface area contributed by atoms with Crippen LogP contribution in [0, 0.1) is 17.5 Å². The molecular weight excluding hydrogens is 570 g/mol. The van der Waals surface area contributed by atoms with Gasteiger partial charge in [-0.25, -0.2) is 18.2 Å². The van der Waals surface area contributed by atoms with Crippen LogP contribution >= 0.6 is 12.4 Å². The molecule has 9 nitrogen and oxygen atoms in total. The maximum Gasteiger partial charge on any atom is 0.449 e. The first kappa shape index (κ1) is 31.2. The molecule has 0 aliphatic carbocycles. The van der Waals surface area contributed by atoms with Crippen LogP contribution in [0.3, 0.4) is 0 Å². The Kier molecular flexibility index (Phi) is 9.39. The van der Waals surface area contributed by atoms with E-state index in [0.29, 0.717) is 12.1 Å². The number of carbonyl (C=O) groups is 3. The van der Waals surface area contributed by atoms with Gasteiger partial charge in [0.1, 0.15) is 5.82 Å². The topological polar surface area (TPSA) is 105 Å². The van der Waals surface area contributed by atoms with Crippen molar-refractivity contribution in [1.82, 2.24) is 24.3 Å². The number of hydrogen-bond acceptors (Lipinski definition) is 5. The fourth-order valence-electron chi connectivity index (χ4n) is 4.77. The maximum absolute atomic E-state index is 14.0. The Balaban J connectivity index is 0.00000441. The van der Waals surface area contributed by atoms with Gasteiger partial charge in [-0.2, -0.15) is 13.2 Å². The fourth-order valence-corrected chi connectivity index (χ4v) is 4.77. The molecule has 2 aliphatic rings.